The Kier molecular flexibility index (Phi) is 19.7. The van der Waals surface area contributed by atoms with Crippen molar-refractivity contribution in [3.63, 3.8) is 0 Å². The van der Waals surface area contributed by atoms with E-state index < -0.39 is 0 Å². The summed E-state index contributed by atoms with van der Waals surface area (Å²) >= 11 is 0.441. The maximum Gasteiger partial charge on any atom is -1.00 e. The van der Waals surface area contributed by atoms with Gasteiger partial charge in [-0.2, -0.15) is 0 Å². The Morgan fingerprint density at radius 3 is 1.42 bits per heavy atom. The first kappa shape index (κ1) is 27.2. The van der Waals surface area contributed by atoms with Gasteiger partial charge in [-0.1, -0.05) is 0 Å². The summed E-state index contributed by atoms with van der Waals surface area (Å²) in [5.41, 5.74) is 0. The average molecular weight is 439 g/mol. The molecule has 24 heavy (non-hydrogen) atoms. The van der Waals surface area contributed by atoms with Crippen LogP contribution in [0.5, 0.6) is 0 Å². The van der Waals surface area contributed by atoms with Crippen LogP contribution in [0.2, 0.25) is 8.45 Å². The molecular weight excluding hydrogens is 407 g/mol. The van der Waals surface area contributed by atoms with Crippen molar-refractivity contribution in [2.24, 2.45) is 0 Å². The molecule has 0 amide bonds. The van der Waals surface area contributed by atoms with E-state index >= 15 is 0 Å². The zero-order valence-electron chi connectivity index (χ0n) is 15.6. The first-order valence-corrected chi connectivity index (χ1v) is 12.3. The van der Waals surface area contributed by atoms with Crippen LogP contribution in [0.1, 0.15) is 66.2 Å². The van der Waals surface area contributed by atoms with Crippen LogP contribution in [0.3, 0.4) is 0 Å². The fourth-order valence-corrected chi connectivity index (χ4v) is 7.42. The van der Waals surface area contributed by atoms with Crippen molar-refractivity contribution in [1.82, 2.24) is 0 Å². The van der Waals surface area contributed by atoms with Crippen molar-refractivity contribution < 1.29 is 63.1 Å². The fourth-order valence-electron chi connectivity index (χ4n) is 2.75. The number of allylic oxidation sites excluding steroid dienone is 8. The Balaban J connectivity index is 0. The van der Waals surface area contributed by atoms with Crippen LogP contribution in [0.25, 0.3) is 0 Å². The van der Waals surface area contributed by atoms with Crippen LogP contribution in [0.4, 0.5) is 0 Å². The Morgan fingerprint density at radius 1 is 0.792 bits per heavy atom. The van der Waals surface area contributed by atoms with Gasteiger partial charge in [-0.05, 0) is 0 Å². The molecule has 0 aromatic heterocycles. The van der Waals surface area contributed by atoms with Gasteiger partial charge in [0.25, 0.3) is 0 Å². The average Bonchev–Trinajstić information content (AvgIpc) is 3.13. The monoisotopic (exact) mass is 438 g/mol. The molecule has 2 rings (SSSR count). The fraction of sp³-hybridized carbons (Fsp3) is 0.600. The van der Waals surface area contributed by atoms with Crippen molar-refractivity contribution >= 4 is 0 Å². The molecule has 0 spiro atoms. The Labute approximate surface area is 180 Å². The van der Waals surface area contributed by atoms with E-state index in [1.165, 1.54) is 38.5 Å². The summed E-state index contributed by atoms with van der Waals surface area (Å²) in [7, 11) is 0. The molecule has 4 heteroatoms. The normalized spacial score (nSPS) is 16.3. The molecule has 0 bridgehead atoms. The van der Waals surface area contributed by atoms with Gasteiger partial charge in [-0.15, -0.1) is 0 Å². The number of hydrogen-bond acceptors (Lipinski definition) is 0. The smallest absolute Gasteiger partial charge is 1.00 e. The van der Waals surface area contributed by atoms with Gasteiger partial charge in [0, 0.05) is 0 Å². The van der Waals surface area contributed by atoms with Gasteiger partial charge in [0.15, 0.2) is 0 Å². The third-order valence-corrected chi connectivity index (χ3v) is 8.61. The molecule has 2 unspecified atom stereocenters. The molecule has 134 valence electrons. The second kappa shape index (κ2) is 17.4. The molecule has 2 aliphatic rings. The van der Waals surface area contributed by atoms with E-state index in [-0.39, 0.29) is 63.1 Å². The summed E-state index contributed by atoms with van der Waals surface area (Å²) in [6.45, 7) is 9.37. The molecular formula is C20H32Cl2Ti2. The zero-order valence-corrected chi connectivity index (χ0v) is 20.3. The van der Waals surface area contributed by atoms with Gasteiger partial charge in [0.1, 0.15) is 0 Å². The van der Waals surface area contributed by atoms with E-state index in [1.807, 2.05) is 0 Å². The molecule has 0 radical (unpaired) electrons. The van der Waals surface area contributed by atoms with Crippen molar-refractivity contribution in [2.75, 3.05) is 0 Å². The molecule has 0 saturated heterocycles. The summed E-state index contributed by atoms with van der Waals surface area (Å²) in [4.78, 5) is 0. The van der Waals surface area contributed by atoms with Crippen LogP contribution >= 0.6 is 0 Å². The molecule has 0 aromatic rings. The van der Waals surface area contributed by atoms with Crippen LogP contribution in [0.15, 0.2) is 44.2 Å². The third kappa shape index (κ3) is 13.2. The standard InChI is InChI=1S/2C5H5.2C5H11.2ClH.2Ti/c2*1-2-4-5-3-1;2*1-3-5-4-2;;;;/h2*1-3H,4H2;2*3H,4-5H2,1-2H3;2*1H;;/q;;;;;;2*+1/p-2. The van der Waals surface area contributed by atoms with Crippen LogP contribution in [-0.2, 0) is 38.3 Å². The summed E-state index contributed by atoms with van der Waals surface area (Å²) in [5.74, 6) is 0. The van der Waals surface area contributed by atoms with Gasteiger partial charge in [-0.3, -0.25) is 0 Å². The molecule has 2 aliphatic carbocycles. The van der Waals surface area contributed by atoms with E-state index in [1.54, 1.807) is 7.76 Å². The van der Waals surface area contributed by atoms with E-state index in [9.17, 15) is 0 Å². The minimum atomic E-state index is 0. The summed E-state index contributed by atoms with van der Waals surface area (Å²) in [5, 5.41) is 0. The second-order valence-corrected chi connectivity index (χ2v) is 12.3. The predicted molar refractivity (Wildman–Crippen MR) is 92.3 cm³/mol. The first-order valence-electron chi connectivity index (χ1n) is 8.90. The summed E-state index contributed by atoms with van der Waals surface area (Å²) < 4.78 is 5.49. The van der Waals surface area contributed by atoms with Gasteiger partial charge in [-0.25, -0.2) is 0 Å². The largest absolute Gasteiger partial charge is 1.00 e. The van der Waals surface area contributed by atoms with Gasteiger partial charge in [0.2, 0.25) is 0 Å². The van der Waals surface area contributed by atoms with Crippen molar-refractivity contribution in [3.05, 3.63) is 44.2 Å². The minimum Gasteiger partial charge on any atom is -1.00 e. The Hall–Kier alpha value is 0.969. The molecule has 2 atom stereocenters. The molecule has 0 heterocycles. The van der Waals surface area contributed by atoms with Crippen molar-refractivity contribution in [2.45, 2.75) is 74.7 Å². The maximum absolute atomic E-state index is 2.41. The first-order chi connectivity index (χ1) is 10.7. The number of hydrogen-bond donors (Lipinski definition) is 0. The summed E-state index contributed by atoms with van der Waals surface area (Å²) in [6.07, 6.45) is 21.7. The molecule has 0 saturated carbocycles. The minimum absolute atomic E-state index is 0. The molecule has 0 nitrogen and oxygen atoms in total. The molecule has 0 aliphatic heterocycles. The SMILES string of the molecule is CCC[CH](C)[Ti+][C]1=CC=CC1.CCC[CH](C)[Ti+][C]1=CC=CC1.[Cl-].[Cl-]. The van der Waals surface area contributed by atoms with Crippen molar-refractivity contribution in [1.29, 1.82) is 0 Å². The van der Waals surface area contributed by atoms with E-state index in [0.29, 0.717) is 0 Å². The number of rotatable bonds is 8. The quantitative estimate of drug-likeness (QED) is 0.497. The topological polar surface area (TPSA) is 0 Å². The van der Waals surface area contributed by atoms with Crippen LogP contribution < -0.4 is 24.8 Å². The molecule has 0 aromatic carbocycles. The molecule has 0 fully saturated rings. The molecule has 0 N–H and O–H groups in total. The van der Waals surface area contributed by atoms with Crippen LogP contribution in [-0.4, -0.2) is 0 Å². The van der Waals surface area contributed by atoms with E-state index in [4.69, 9.17) is 0 Å². The van der Waals surface area contributed by atoms with Crippen LogP contribution in [0, 0.1) is 0 Å². The maximum atomic E-state index is 2.41. The predicted octanol–water partition coefficient (Wildman–Crippen LogP) is 1.05. The van der Waals surface area contributed by atoms with E-state index in [2.05, 4.69) is 64.2 Å². The van der Waals surface area contributed by atoms with Gasteiger partial charge in [0.05, 0.1) is 0 Å². The van der Waals surface area contributed by atoms with Gasteiger partial charge >= 0.3 is 157 Å². The van der Waals surface area contributed by atoms with Gasteiger partial charge < -0.3 is 24.8 Å². The Morgan fingerprint density at radius 2 is 1.17 bits per heavy atom. The third-order valence-electron chi connectivity index (χ3n) is 3.85. The summed E-state index contributed by atoms with van der Waals surface area (Å²) in [6, 6.07) is 0. The van der Waals surface area contributed by atoms with Crippen molar-refractivity contribution in [3.8, 4) is 0 Å². The Bertz CT molecular complexity index is 385. The number of halogens is 2. The zero-order chi connectivity index (χ0) is 16.2. The van der Waals surface area contributed by atoms with E-state index in [0.717, 1.165) is 8.45 Å². The second-order valence-electron chi connectivity index (χ2n) is 6.32.